The predicted octanol–water partition coefficient (Wildman–Crippen LogP) is 4.47. The fourth-order valence-corrected chi connectivity index (χ4v) is 3.95. The molecule has 0 bridgehead atoms. The van der Waals surface area contributed by atoms with Gasteiger partial charge in [-0.2, -0.15) is 0 Å². The van der Waals surface area contributed by atoms with Crippen molar-refractivity contribution in [2.75, 3.05) is 0 Å². The Morgan fingerprint density at radius 3 is 2.38 bits per heavy atom. The van der Waals surface area contributed by atoms with Crippen LogP contribution < -0.4 is 0 Å². The highest BCUT2D eigenvalue weighted by atomic mass is 16.4. The van der Waals surface area contributed by atoms with E-state index in [4.69, 9.17) is 0 Å². The lowest BCUT2D eigenvalue weighted by atomic mass is 9.63. The molecule has 134 valence electrons. The number of nitrogens with zero attached hydrogens (tertiary/aromatic N) is 3. The molecule has 1 heterocycles. The Bertz CT molecular complexity index is 1030. The maximum Gasteiger partial charge on any atom is 0.335 e. The molecular weight excluding hydrogens is 326 g/mol. The molecule has 0 atom stereocenters. The summed E-state index contributed by atoms with van der Waals surface area (Å²) in [6.45, 7) is 9.16. The fourth-order valence-electron chi connectivity index (χ4n) is 3.95. The maximum atomic E-state index is 11.3. The molecule has 3 aromatic rings. The minimum Gasteiger partial charge on any atom is -0.478 e. The van der Waals surface area contributed by atoms with Gasteiger partial charge in [-0.25, -0.2) is 9.48 Å². The fraction of sp³-hybridized carbons (Fsp3) is 0.381. The third kappa shape index (κ3) is 2.50. The largest absolute Gasteiger partial charge is 0.478 e. The van der Waals surface area contributed by atoms with E-state index in [0.29, 0.717) is 11.0 Å². The van der Waals surface area contributed by atoms with Crippen LogP contribution in [0, 0.1) is 0 Å². The van der Waals surface area contributed by atoms with Gasteiger partial charge in [0, 0.05) is 0 Å². The van der Waals surface area contributed by atoms with E-state index in [0.717, 1.165) is 12.1 Å². The van der Waals surface area contributed by atoms with E-state index in [-0.39, 0.29) is 16.4 Å². The van der Waals surface area contributed by atoms with Crippen molar-refractivity contribution >= 4 is 17.0 Å². The van der Waals surface area contributed by atoms with E-state index in [9.17, 15) is 9.90 Å². The highest BCUT2D eigenvalue weighted by molar-refractivity contribution is 5.92. The second-order valence-corrected chi connectivity index (χ2v) is 8.51. The predicted molar refractivity (Wildman–Crippen MR) is 101 cm³/mol. The van der Waals surface area contributed by atoms with Crippen LogP contribution in [0.1, 0.15) is 62.0 Å². The number of hydrogen-bond donors (Lipinski definition) is 1. The lowest BCUT2D eigenvalue weighted by molar-refractivity contribution is 0.0697. The number of aromatic nitrogens is 3. The molecule has 2 aromatic carbocycles. The van der Waals surface area contributed by atoms with Crippen LogP contribution in [0.2, 0.25) is 0 Å². The highest BCUT2D eigenvalue weighted by Gasteiger charge is 2.37. The van der Waals surface area contributed by atoms with Crippen molar-refractivity contribution in [3.8, 4) is 5.69 Å². The molecule has 1 aromatic heterocycles. The van der Waals surface area contributed by atoms with E-state index in [2.05, 4.69) is 56.2 Å². The summed E-state index contributed by atoms with van der Waals surface area (Å²) in [5, 5.41) is 17.7. The van der Waals surface area contributed by atoms with Crippen LogP contribution in [0.5, 0.6) is 0 Å². The summed E-state index contributed by atoms with van der Waals surface area (Å²) in [6, 6.07) is 11.3. The molecule has 1 N–H and O–H groups in total. The van der Waals surface area contributed by atoms with Crippen molar-refractivity contribution in [2.24, 2.45) is 0 Å². The Morgan fingerprint density at radius 2 is 1.69 bits per heavy atom. The molecule has 0 fully saturated rings. The van der Waals surface area contributed by atoms with Gasteiger partial charge in [-0.1, -0.05) is 39.0 Å². The van der Waals surface area contributed by atoms with Gasteiger partial charge in [0.2, 0.25) is 0 Å². The van der Waals surface area contributed by atoms with Crippen molar-refractivity contribution in [1.29, 1.82) is 0 Å². The van der Waals surface area contributed by atoms with Crippen molar-refractivity contribution < 1.29 is 9.90 Å². The SMILES string of the molecule is CC1(C)CCC(C)(C)c2cc(-n3nnc4ccc(C(=O)O)cc43)ccc21. The lowest BCUT2D eigenvalue weighted by Gasteiger charge is -2.42. The molecule has 1 aliphatic carbocycles. The van der Waals surface area contributed by atoms with Gasteiger partial charge in [-0.3, -0.25) is 0 Å². The monoisotopic (exact) mass is 349 g/mol. The minimum atomic E-state index is -0.951. The van der Waals surface area contributed by atoms with Crippen molar-refractivity contribution in [3.63, 3.8) is 0 Å². The quantitative estimate of drug-likeness (QED) is 0.741. The zero-order chi connectivity index (χ0) is 18.7. The molecule has 4 rings (SSSR count). The number of carbonyl (C=O) groups is 1. The summed E-state index contributed by atoms with van der Waals surface area (Å²) >= 11 is 0. The van der Waals surface area contributed by atoms with Crippen molar-refractivity contribution in [1.82, 2.24) is 15.0 Å². The normalized spacial score (nSPS) is 17.8. The van der Waals surface area contributed by atoms with E-state index in [1.54, 1.807) is 22.9 Å². The molecule has 0 amide bonds. The number of hydrogen-bond acceptors (Lipinski definition) is 3. The van der Waals surface area contributed by atoms with Crippen LogP contribution in [-0.4, -0.2) is 26.1 Å². The molecule has 0 unspecified atom stereocenters. The zero-order valence-electron chi connectivity index (χ0n) is 15.6. The second kappa shape index (κ2) is 5.40. The second-order valence-electron chi connectivity index (χ2n) is 8.51. The van der Waals surface area contributed by atoms with Crippen molar-refractivity contribution in [3.05, 3.63) is 53.1 Å². The average molecular weight is 349 g/mol. The van der Waals surface area contributed by atoms with Gasteiger partial charge in [0.15, 0.2) is 0 Å². The number of fused-ring (bicyclic) bond motifs is 2. The Balaban J connectivity index is 1.91. The van der Waals surface area contributed by atoms with Crippen LogP contribution in [0.15, 0.2) is 36.4 Å². The van der Waals surface area contributed by atoms with Gasteiger partial charge < -0.3 is 5.11 Å². The van der Waals surface area contributed by atoms with Gasteiger partial charge in [0.25, 0.3) is 0 Å². The summed E-state index contributed by atoms with van der Waals surface area (Å²) in [7, 11) is 0. The summed E-state index contributed by atoms with van der Waals surface area (Å²) in [5.74, 6) is -0.951. The van der Waals surface area contributed by atoms with Gasteiger partial charge >= 0.3 is 5.97 Å². The van der Waals surface area contributed by atoms with Gasteiger partial charge in [0.05, 0.1) is 16.8 Å². The van der Waals surface area contributed by atoms with E-state index in [1.807, 2.05) is 0 Å². The zero-order valence-corrected chi connectivity index (χ0v) is 15.6. The number of carboxylic acid groups (broad SMARTS) is 1. The van der Waals surface area contributed by atoms with Crippen LogP contribution >= 0.6 is 0 Å². The number of carboxylic acids is 1. The molecule has 1 aliphatic rings. The van der Waals surface area contributed by atoms with Crippen molar-refractivity contribution in [2.45, 2.75) is 51.4 Å². The molecular formula is C21H23N3O2. The Morgan fingerprint density at radius 1 is 1.00 bits per heavy atom. The van der Waals surface area contributed by atoms with Gasteiger partial charge in [-0.05, 0) is 65.1 Å². The standard InChI is InChI=1S/C21H23N3O2/c1-20(2)9-10-21(3,4)16-12-14(6-7-15(16)20)24-18-11-13(19(25)26)5-8-17(18)22-23-24/h5-8,11-12H,9-10H2,1-4H3,(H,25,26). The first-order chi connectivity index (χ1) is 12.2. The Labute approximate surface area is 152 Å². The molecule has 26 heavy (non-hydrogen) atoms. The summed E-state index contributed by atoms with van der Waals surface area (Å²) in [6.07, 6.45) is 2.30. The average Bonchev–Trinajstić information content (AvgIpc) is 3.02. The van der Waals surface area contributed by atoms with Gasteiger partial charge in [-0.15, -0.1) is 5.10 Å². The number of aromatic carboxylic acids is 1. The summed E-state index contributed by atoms with van der Waals surface area (Å²) in [4.78, 5) is 11.3. The topological polar surface area (TPSA) is 68.0 Å². The first-order valence-corrected chi connectivity index (χ1v) is 8.93. The maximum absolute atomic E-state index is 11.3. The minimum absolute atomic E-state index is 0.101. The molecule has 5 heteroatoms. The molecule has 0 aliphatic heterocycles. The third-order valence-corrected chi connectivity index (χ3v) is 5.77. The van der Waals surface area contributed by atoms with Crippen LogP contribution in [0.25, 0.3) is 16.7 Å². The molecule has 0 radical (unpaired) electrons. The Kier molecular flexibility index (Phi) is 3.48. The smallest absolute Gasteiger partial charge is 0.335 e. The van der Waals surface area contributed by atoms with Gasteiger partial charge in [0.1, 0.15) is 5.52 Å². The lowest BCUT2D eigenvalue weighted by Crippen LogP contribution is -2.33. The summed E-state index contributed by atoms with van der Waals surface area (Å²) < 4.78 is 1.74. The van der Waals surface area contributed by atoms with Crippen LogP contribution in [0.3, 0.4) is 0 Å². The number of benzene rings is 2. The highest BCUT2D eigenvalue weighted by Crippen LogP contribution is 2.46. The Hall–Kier alpha value is -2.69. The van der Waals surface area contributed by atoms with E-state index in [1.165, 1.54) is 17.5 Å². The molecule has 0 saturated carbocycles. The number of rotatable bonds is 2. The van der Waals surface area contributed by atoms with E-state index < -0.39 is 5.97 Å². The molecule has 0 spiro atoms. The molecule has 0 saturated heterocycles. The first kappa shape index (κ1) is 16.8. The van der Waals surface area contributed by atoms with Crippen LogP contribution in [0.4, 0.5) is 0 Å². The van der Waals surface area contributed by atoms with E-state index >= 15 is 0 Å². The van der Waals surface area contributed by atoms with Crippen LogP contribution in [-0.2, 0) is 10.8 Å². The third-order valence-electron chi connectivity index (χ3n) is 5.77. The molecule has 5 nitrogen and oxygen atoms in total. The first-order valence-electron chi connectivity index (χ1n) is 8.93. The summed E-state index contributed by atoms with van der Waals surface area (Å²) in [5.41, 5.74) is 5.52.